The first-order chi connectivity index (χ1) is 14.7. The van der Waals surface area contributed by atoms with Crippen molar-refractivity contribution in [3.8, 4) is 0 Å². The number of anilines is 1. The fraction of sp³-hybridized carbons (Fsp3) is 0.211. The average molecular weight is 434 g/mol. The highest BCUT2D eigenvalue weighted by atomic mass is 19.4. The highest BCUT2D eigenvalue weighted by molar-refractivity contribution is 5.90. The van der Waals surface area contributed by atoms with Crippen LogP contribution in [0.3, 0.4) is 0 Å². The second-order valence-electron chi connectivity index (χ2n) is 6.63. The van der Waals surface area contributed by atoms with Crippen LogP contribution in [0.1, 0.15) is 18.2 Å². The molecule has 0 spiro atoms. The first kappa shape index (κ1) is 20.4. The zero-order chi connectivity index (χ0) is 22.3. The van der Waals surface area contributed by atoms with Gasteiger partial charge in [0.05, 0.1) is 17.8 Å². The van der Waals surface area contributed by atoms with Crippen LogP contribution in [0.4, 0.5) is 23.4 Å². The molecule has 1 amide bonds. The number of carbonyl (C=O) groups is 1. The number of nitrogens with one attached hydrogen (secondary N) is 1. The summed E-state index contributed by atoms with van der Waals surface area (Å²) < 4.78 is 54.6. The number of pyridine rings is 2. The van der Waals surface area contributed by atoms with Gasteiger partial charge in [-0.1, -0.05) is 6.92 Å². The molecule has 0 aromatic carbocycles. The zero-order valence-corrected chi connectivity index (χ0v) is 15.9. The number of nitrogens with zero attached hydrogens (tertiary/aromatic N) is 5. The lowest BCUT2D eigenvalue weighted by Gasteiger charge is -2.13. The smallest absolute Gasteiger partial charge is 0.309 e. The third-order valence-corrected chi connectivity index (χ3v) is 4.59. The van der Waals surface area contributed by atoms with Crippen LogP contribution in [0.25, 0.3) is 16.7 Å². The Morgan fingerprint density at radius 3 is 2.58 bits per heavy atom. The van der Waals surface area contributed by atoms with Crippen molar-refractivity contribution in [2.75, 3.05) is 5.32 Å². The number of aryl methyl sites for hydroxylation is 1. The summed E-state index contributed by atoms with van der Waals surface area (Å²) in [6.45, 7) is 1.31. The first-order valence-corrected chi connectivity index (χ1v) is 9.07. The monoisotopic (exact) mass is 434 g/mol. The lowest BCUT2D eigenvalue weighted by Crippen LogP contribution is -2.30. The number of amides is 1. The minimum atomic E-state index is -4.70. The molecule has 160 valence electrons. The largest absolute Gasteiger partial charge is 0.433 e. The van der Waals surface area contributed by atoms with Gasteiger partial charge in [-0.15, -0.1) is 0 Å². The van der Waals surface area contributed by atoms with Crippen LogP contribution in [0.5, 0.6) is 0 Å². The maximum atomic E-state index is 13.1. The van der Waals surface area contributed by atoms with Crippen molar-refractivity contribution in [2.24, 2.45) is 0 Å². The summed E-state index contributed by atoms with van der Waals surface area (Å²) in [5.74, 6) is -1.13. The summed E-state index contributed by atoms with van der Waals surface area (Å²) in [4.78, 5) is 32.9. The third kappa shape index (κ3) is 3.71. The molecule has 0 radical (unpaired) electrons. The molecule has 0 saturated heterocycles. The summed E-state index contributed by atoms with van der Waals surface area (Å²) in [7, 11) is 0. The Balaban J connectivity index is 1.84. The normalized spacial score (nSPS) is 11.9. The highest BCUT2D eigenvalue weighted by Gasteiger charge is 2.33. The maximum absolute atomic E-state index is 13.1. The van der Waals surface area contributed by atoms with E-state index in [1.807, 2.05) is 0 Å². The van der Waals surface area contributed by atoms with E-state index in [2.05, 4.69) is 20.4 Å². The van der Waals surface area contributed by atoms with Crippen LogP contribution >= 0.6 is 0 Å². The predicted molar refractivity (Wildman–Crippen MR) is 102 cm³/mol. The van der Waals surface area contributed by atoms with E-state index >= 15 is 0 Å². The highest BCUT2D eigenvalue weighted by Crippen LogP contribution is 2.28. The summed E-state index contributed by atoms with van der Waals surface area (Å²) in [5.41, 5.74) is -1.40. The van der Waals surface area contributed by atoms with Crippen molar-refractivity contribution in [1.29, 1.82) is 0 Å². The average Bonchev–Trinajstić information content (AvgIpc) is 3.16. The molecular weight excluding hydrogens is 420 g/mol. The molecular formula is C19H14F4N6O2. The summed E-state index contributed by atoms with van der Waals surface area (Å²) in [5, 5.41) is 6.40. The topological polar surface area (TPSA) is 94.2 Å². The van der Waals surface area contributed by atoms with Crippen molar-refractivity contribution in [1.82, 2.24) is 24.1 Å². The lowest BCUT2D eigenvalue weighted by molar-refractivity contribution is -0.141. The fourth-order valence-electron chi connectivity index (χ4n) is 3.17. The molecule has 4 aromatic heterocycles. The quantitative estimate of drug-likeness (QED) is 0.499. The van der Waals surface area contributed by atoms with Gasteiger partial charge in [0.2, 0.25) is 5.91 Å². The van der Waals surface area contributed by atoms with Crippen molar-refractivity contribution >= 4 is 28.4 Å². The van der Waals surface area contributed by atoms with E-state index < -0.39 is 35.7 Å². The molecule has 0 aliphatic rings. The van der Waals surface area contributed by atoms with Crippen LogP contribution in [0, 0.1) is 5.82 Å². The minimum Gasteiger partial charge on any atom is -0.309 e. The SMILES string of the molecule is CCc1cnn2c3nc(C(F)(F)F)ccc3c(=O)n(CC(=O)Nc3ccc(F)cn3)c12. The van der Waals surface area contributed by atoms with E-state index in [0.29, 0.717) is 18.1 Å². The summed E-state index contributed by atoms with van der Waals surface area (Å²) in [6, 6.07) is 4.08. The fourth-order valence-corrected chi connectivity index (χ4v) is 3.17. The molecule has 0 fully saturated rings. The molecule has 0 aliphatic heterocycles. The summed E-state index contributed by atoms with van der Waals surface area (Å²) >= 11 is 0. The molecule has 4 aromatic rings. The van der Waals surface area contributed by atoms with Crippen LogP contribution in [-0.2, 0) is 23.9 Å². The van der Waals surface area contributed by atoms with E-state index in [9.17, 15) is 27.2 Å². The molecule has 0 unspecified atom stereocenters. The second-order valence-corrected chi connectivity index (χ2v) is 6.63. The maximum Gasteiger partial charge on any atom is 0.433 e. The molecule has 4 rings (SSSR count). The second kappa shape index (κ2) is 7.45. The number of hydrogen-bond donors (Lipinski definition) is 1. The number of carbonyl (C=O) groups excluding carboxylic acids is 1. The van der Waals surface area contributed by atoms with Crippen LogP contribution in [-0.4, -0.2) is 30.1 Å². The van der Waals surface area contributed by atoms with E-state index in [0.717, 1.165) is 27.4 Å². The lowest BCUT2D eigenvalue weighted by atomic mass is 10.2. The van der Waals surface area contributed by atoms with Gasteiger partial charge < -0.3 is 5.32 Å². The van der Waals surface area contributed by atoms with Gasteiger partial charge in [0.1, 0.15) is 29.5 Å². The Morgan fingerprint density at radius 2 is 1.94 bits per heavy atom. The van der Waals surface area contributed by atoms with Crippen LogP contribution in [0.15, 0.2) is 41.5 Å². The van der Waals surface area contributed by atoms with E-state index in [1.165, 1.54) is 12.3 Å². The van der Waals surface area contributed by atoms with Gasteiger partial charge in [-0.3, -0.25) is 14.2 Å². The Labute approximate surface area is 171 Å². The molecule has 31 heavy (non-hydrogen) atoms. The predicted octanol–water partition coefficient (Wildman–Crippen LogP) is 2.80. The molecule has 1 N–H and O–H groups in total. The Kier molecular flexibility index (Phi) is 4.91. The van der Waals surface area contributed by atoms with E-state index in [1.54, 1.807) is 6.92 Å². The minimum absolute atomic E-state index is 0.0805. The number of aromatic nitrogens is 5. The standard InChI is InChI=1S/C19H14F4N6O2/c1-2-10-7-25-29-16-12(4-5-13(26-16)19(21,22)23)18(31)28(17(10)29)9-15(30)27-14-6-3-11(20)8-24-14/h3-8H,2,9H2,1H3,(H,24,27,30). The van der Waals surface area contributed by atoms with Gasteiger partial charge in [0.15, 0.2) is 5.65 Å². The molecule has 4 heterocycles. The molecule has 0 saturated carbocycles. The zero-order valence-electron chi connectivity index (χ0n) is 15.9. The van der Waals surface area contributed by atoms with Gasteiger partial charge in [-0.05, 0) is 30.7 Å². The van der Waals surface area contributed by atoms with Gasteiger partial charge in [0, 0.05) is 5.56 Å². The Hall–Kier alpha value is -3.83. The molecule has 12 heteroatoms. The van der Waals surface area contributed by atoms with Crippen LogP contribution in [0.2, 0.25) is 0 Å². The van der Waals surface area contributed by atoms with Gasteiger partial charge >= 0.3 is 6.18 Å². The number of fused-ring (bicyclic) bond motifs is 3. The molecule has 0 aliphatic carbocycles. The number of hydrogen-bond acceptors (Lipinski definition) is 5. The number of halogens is 4. The molecule has 8 nitrogen and oxygen atoms in total. The number of alkyl halides is 3. The van der Waals surface area contributed by atoms with Gasteiger partial charge in [0.25, 0.3) is 5.56 Å². The Bertz CT molecular complexity index is 1360. The van der Waals surface area contributed by atoms with Crippen molar-refractivity contribution in [3.05, 3.63) is 64.1 Å². The molecule has 0 bridgehead atoms. The van der Waals surface area contributed by atoms with Crippen LogP contribution < -0.4 is 10.9 Å². The van der Waals surface area contributed by atoms with Crippen molar-refractivity contribution < 1.29 is 22.4 Å². The number of rotatable bonds is 4. The first-order valence-electron chi connectivity index (χ1n) is 9.07. The Morgan fingerprint density at radius 1 is 1.16 bits per heavy atom. The van der Waals surface area contributed by atoms with Gasteiger partial charge in [-0.2, -0.15) is 22.8 Å². The summed E-state index contributed by atoms with van der Waals surface area (Å²) in [6.07, 6.45) is -1.95. The van der Waals surface area contributed by atoms with Gasteiger partial charge in [-0.25, -0.2) is 14.4 Å². The van der Waals surface area contributed by atoms with E-state index in [4.69, 9.17) is 0 Å². The molecule has 0 atom stereocenters. The van der Waals surface area contributed by atoms with E-state index in [-0.39, 0.29) is 22.5 Å². The van der Waals surface area contributed by atoms with Crippen molar-refractivity contribution in [3.63, 3.8) is 0 Å². The van der Waals surface area contributed by atoms with Crippen molar-refractivity contribution in [2.45, 2.75) is 26.1 Å². The third-order valence-electron chi connectivity index (χ3n) is 4.59.